The van der Waals surface area contributed by atoms with Gasteiger partial charge in [0.15, 0.2) is 0 Å². The van der Waals surface area contributed by atoms with Crippen LogP contribution in [0.1, 0.15) is 16.1 Å². The molecule has 0 spiro atoms. The summed E-state index contributed by atoms with van der Waals surface area (Å²) in [7, 11) is -1.60. The molecule has 1 aromatic heterocycles. The van der Waals surface area contributed by atoms with Crippen molar-refractivity contribution < 1.29 is 14.1 Å². The van der Waals surface area contributed by atoms with E-state index in [1.807, 2.05) is 0 Å². The average Bonchev–Trinajstić information content (AvgIpc) is 2.38. The quantitative estimate of drug-likeness (QED) is 0.932. The summed E-state index contributed by atoms with van der Waals surface area (Å²) in [6.45, 7) is 0. The summed E-state index contributed by atoms with van der Waals surface area (Å²) in [5.41, 5.74) is 0.0749. The highest BCUT2D eigenvalue weighted by atomic mass is 35.5. The number of nitrogens with zero attached hydrogens (tertiary/aromatic N) is 2. The highest BCUT2D eigenvalue weighted by Crippen LogP contribution is 2.29. The molecule has 0 radical (unpaired) electrons. The lowest BCUT2D eigenvalue weighted by molar-refractivity contribution is 0.0695. The molecule has 104 valence electrons. The van der Waals surface area contributed by atoms with E-state index in [9.17, 15) is 9.00 Å². The molecule has 8 heteroatoms. The van der Waals surface area contributed by atoms with Crippen molar-refractivity contribution in [2.75, 3.05) is 0 Å². The summed E-state index contributed by atoms with van der Waals surface area (Å²) in [6, 6.07) is 4.77. The van der Waals surface area contributed by atoms with Crippen LogP contribution in [-0.4, -0.2) is 25.3 Å². The third kappa shape index (κ3) is 3.15. The standard InChI is InChI=1S/C12H8Cl2N2O3S/c13-8-2-1-3-9(14)11(8)20(19)5-10-7(12(17)18)4-15-6-16-10/h1-4,6H,5H2,(H,17,18). The van der Waals surface area contributed by atoms with Gasteiger partial charge in [0.05, 0.1) is 37.2 Å². The van der Waals surface area contributed by atoms with Gasteiger partial charge < -0.3 is 5.11 Å². The number of hydrogen-bond donors (Lipinski definition) is 1. The van der Waals surface area contributed by atoms with Crippen LogP contribution in [0.2, 0.25) is 10.0 Å². The molecule has 0 saturated carbocycles. The molecule has 2 rings (SSSR count). The summed E-state index contributed by atoms with van der Waals surface area (Å²) in [5, 5.41) is 9.56. The molecule has 5 nitrogen and oxygen atoms in total. The number of carboxylic acids is 1. The van der Waals surface area contributed by atoms with E-state index in [1.165, 1.54) is 6.33 Å². The van der Waals surface area contributed by atoms with Crippen molar-refractivity contribution >= 4 is 40.0 Å². The first-order valence-electron chi connectivity index (χ1n) is 5.35. The summed E-state index contributed by atoms with van der Waals surface area (Å²) < 4.78 is 12.3. The third-order valence-electron chi connectivity index (χ3n) is 2.44. The Balaban J connectivity index is 2.36. The molecule has 0 aliphatic heterocycles. The molecule has 0 fully saturated rings. The Labute approximate surface area is 127 Å². The Morgan fingerprint density at radius 2 is 1.95 bits per heavy atom. The van der Waals surface area contributed by atoms with Gasteiger partial charge >= 0.3 is 5.97 Å². The molecule has 0 saturated heterocycles. The molecule has 20 heavy (non-hydrogen) atoms. The highest BCUT2D eigenvalue weighted by molar-refractivity contribution is 7.84. The fourth-order valence-electron chi connectivity index (χ4n) is 1.54. The number of aromatic nitrogens is 2. The maximum atomic E-state index is 12.3. The SMILES string of the molecule is O=C(O)c1cncnc1CS(=O)c1c(Cl)cccc1Cl. The Morgan fingerprint density at radius 1 is 1.30 bits per heavy atom. The monoisotopic (exact) mass is 330 g/mol. The molecule has 0 bridgehead atoms. The van der Waals surface area contributed by atoms with Crippen LogP contribution in [0.4, 0.5) is 0 Å². The first kappa shape index (κ1) is 14.9. The Hall–Kier alpha value is -1.50. The van der Waals surface area contributed by atoms with Crippen LogP contribution in [-0.2, 0) is 16.6 Å². The summed E-state index contributed by atoms with van der Waals surface area (Å²) >= 11 is 11.9. The van der Waals surface area contributed by atoms with E-state index in [0.29, 0.717) is 0 Å². The minimum absolute atomic E-state index is 0.0935. The number of hydrogen-bond acceptors (Lipinski definition) is 4. The Bertz CT molecular complexity index is 674. The van der Waals surface area contributed by atoms with E-state index in [4.69, 9.17) is 28.3 Å². The van der Waals surface area contributed by atoms with Gasteiger partial charge in [0, 0.05) is 6.20 Å². The summed E-state index contributed by atoms with van der Waals surface area (Å²) in [4.78, 5) is 18.8. The second-order valence-electron chi connectivity index (χ2n) is 3.73. The van der Waals surface area contributed by atoms with Crippen molar-refractivity contribution in [2.45, 2.75) is 10.6 Å². The first-order valence-corrected chi connectivity index (χ1v) is 7.42. The van der Waals surface area contributed by atoms with E-state index >= 15 is 0 Å². The molecule has 1 atom stereocenters. The molecular formula is C12H8Cl2N2O3S. The van der Waals surface area contributed by atoms with Crippen molar-refractivity contribution in [3.8, 4) is 0 Å². The van der Waals surface area contributed by atoms with Crippen molar-refractivity contribution in [3.63, 3.8) is 0 Å². The van der Waals surface area contributed by atoms with Crippen molar-refractivity contribution in [2.24, 2.45) is 0 Å². The lowest BCUT2D eigenvalue weighted by atomic mass is 10.2. The second-order valence-corrected chi connectivity index (χ2v) is 5.93. The molecule has 2 aromatic rings. The van der Waals surface area contributed by atoms with Crippen LogP contribution in [0.5, 0.6) is 0 Å². The highest BCUT2D eigenvalue weighted by Gasteiger charge is 2.18. The van der Waals surface area contributed by atoms with Crippen molar-refractivity contribution in [3.05, 3.63) is 52.0 Å². The average molecular weight is 331 g/mol. The Morgan fingerprint density at radius 3 is 2.55 bits per heavy atom. The van der Waals surface area contributed by atoms with Gasteiger partial charge in [-0.1, -0.05) is 29.3 Å². The molecule has 1 N–H and O–H groups in total. The maximum absolute atomic E-state index is 12.3. The number of rotatable bonds is 4. The maximum Gasteiger partial charge on any atom is 0.339 e. The van der Waals surface area contributed by atoms with Crippen molar-refractivity contribution in [1.82, 2.24) is 9.97 Å². The molecule has 0 aliphatic carbocycles. The smallest absolute Gasteiger partial charge is 0.339 e. The predicted octanol–water partition coefficient (Wildman–Crippen LogP) is 2.79. The zero-order chi connectivity index (χ0) is 14.7. The van der Waals surface area contributed by atoms with E-state index in [0.717, 1.165) is 6.20 Å². The minimum Gasteiger partial charge on any atom is -0.478 e. The van der Waals surface area contributed by atoms with E-state index < -0.39 is 16.8 Å². The molecule has 0 amide bonds. The van der Waals surface area contributed by atoms with Gasteiger partial charge in [0.2, 0.25) is 0 Å². The third-order valence-corrected chi connectivity index (χ3v) is 4.72. The molecule has 1 aromatic carbocycles. The van der Waals surface area contributed by atoms with Gasteiger partial charge in [-0.2, -0.15) is 0 Å². The topological polar surface area (TPSA) is 80.2 Å². The summed E-state index contributed by atoms with van der Waals surface area (Å²) in [5.74, 6) is -1.28. The zero-order valence-electron chi connectivity index (χ0n) is 9.92. The summed E-state index contributed by atoms with van der Waals surface area (Å²) in [6.07, 6.45) is 2.36. The minimum atomic E-state index is -1.60. The van der Waals surface area contributed by atoms with Crippen LogP contribution in [0.25, 0.3) is 0 Å². The van der Waals surface area contributed by atoms with Crippen molar-refractivity contribution in [1.29, 1.82) is 0 Å². The second kappa shape index (κ2) is 6.30. The van der Waals surface area contributed by atoms with Gasteiger partial charge in [-0.25, -0.2) is 14.8 Å². The molecule has 0 aliphatic rings. The van der Waals surface area contributed by atoms with E-state index in [2.05, 4.69) is 9.97 Å². The normalized spacial score (nSPS) is 12.1. The molecular weight excluding hydrogens is 323 g/mol. The van der Waals surface area contributed by atoms with E-state index in [-0.39, 0.29) is 32.0 Å². The number of benzene rings is 1. The predicted molar refractivity (Wildman–Crippen MR) is 75.6 cm³/mol. The number of carboxylic acid groups (broad SMARTS) is 1. The molecule has 1 heterocycles. The van der Waals surface area contributed by atoms with Crippen LogP contribution in [0.3, 0.4) is 0 Å². The van der Waals surface area contributed by atoms with Gasteiger partial charge in [-0.3, -0.25) is 4.21 Å². The van der Waals surface area contributed by atoms with Gasteiger partial charge in [-0.15, -0.1) is 0 Å². The largest absolute Gasteiger partial charge is 0.478 e. The first-order chi connectivity index (χ1) is 9.50. The van der Waals surface area contributed by atoms with Gasteiger partial charge in [0.1, 0.15) is 11.9 Å². The molecule has 1 unspecified atom stereocenters. The van der Waals surface area contributed by atoms with Gasteiger partial charge in [0.25, 0.3) is 0 Å². The van der Waals surface area contributed by atoms with Gasteiger partial charge in [-0.05, 0) is 12.1 Å². The lowest BCUT2D eigenvalue weighted by Crippen LogP contribution is -2.08. The van der Waals surface area contributed by atoms with Crippen LogP contribution in [0, 0.1) is 0 Å². The fraction of sp³-hybridized carbons (Fsp3) is 0.0833. The van der Waals surface area contributed by atoms with Crippen LogP contribution < -0.4 is 0 Å². The number of halogens is 2. The van der Waals surface area contributed by atoms with E-state index in [1.54, 1.807) is 18.2 Å². The number of carbonyl (C=O) groups is 1. The van der Waals surface area contributed by atoms with Crippen LogP contribution in [0.15, 0.2) is 35.6 Å². The van der Waals surface area contributed by atoms with Crippen LogP contribution >= 0.6 is 23.2 Å². The zero-order valence-corrected chi connectivity index (χ0v) is 12.2. The Kier molecular flexibility index (Phi) is 4.69. The lowest BCUT2D eigenvalue weighted by Gasteiger charge is -2.07. The fourth-order valence-corrected chi connectivity index (χ4v) is 3.65. The number of aromatic carboxylic acids is 1.